The maximum absolute atomic E-state index is 11.3. The average molecular weight is 593 g/mol. The Morgan fingerprint density at radius 2 is 1.19 bits per heavy atom. The number of methoxy groups -OCH3 is 1. The lowest BCUT2D eigenvalue weighted by Crippen LogP contribution is -2.32. The van der Waals surface area contributed by atoms with Crippen LogP contribution in [0.2, 0.25) is 0 Å². The van der Waals surface area contributed by atoms with Crippen LogP contribution in [0.3, 0.4) is 0 Å². The van der Waals surface area contributed by atoms with Gasteiger partial charge < -0.3 is 20.1 Å². The number of carbonyl (C=O) groups is 2. The minimum absolute atomic E-state index is 0.0134. The molecule has 6 unspecified atom stereocenters. The van der Waals surface area contributed by atoms with Crippen LogP contribution in [0, 0.1) is 17.8 Å². The van der Waals surface area contributed by atoms with Crippen LogP contribution in [0.5, 0.6) is 0 Å². The van der Waals surface area contributed by atoms with E-state index < -0.39 is 18.3 Å². The normalized spacial score (nSPS) is 18.0. The van der Waals surface area contributed by atoms with Crippen molar-refractivity contribution in [2.45, 2.75) is 72.2 Å². The third kappa shape index (κ3) is 20.0. The molecule has 0 saturated heterocycles. The van der Waals surface area contributed by atoms with Gasteiger partial charge in [0, 0.05) is 23.3 Å². The van der Waals surface area contributed by atoms with Crippen molar-refractivity contribution in [1.29, 1.82) is 0 Å². The summed E-state index contributed by atoms with van der Waals surface area (Å²) in [6, 6.07) is 0. The zero-order valence-electron chi connectivity index (χ0n) is 26.6. The summed E-state index contributed by atoms with van der Waals surface area (Å²) in [7, 11) is 1.36. The monoisotopic (exact) mass is 592 g/mol. The quantitative estimate of drug-likeness (QED) is 0.0469. The number of rotatable bonds is 20. The highest BCUT2D eigenvalue weighted by molar-refractivity contribution is 5.87. The van der Waals surface area contributed by atoms with E-state index >= 15 is 0 Å². The summed E-state index contributed by atoms with van der Waals surface area (Å²) in [5.41, 5.74) is 0.540. The molecule has 236 valence electrons. The van der Waals surface area contributed by atoms with Crippen LogP contribution in [0.4, 0.5) is 0 Å². The molecular formula is C37H52O6. The molecule has 0 bridgehead atoms. The van der Waals surface area contributed by atoms with Gasteiger partial charge in [-0.1, -0.05) is 136 Å². The van der Waals surface area contributed by atoms with Crippen molar-refractivity contribution >= 4 is 11.8 Å². The van der Waals surface area contributed by atoms with E-state index in [0.717, 1.165) is 12.8 Å². The van der Waals surface area contributed by atoms with Crippen LogP contribution >= 0.6 is 0 Å². The van der Waals surface area contributed by atoms with Crippen LogP contribution in [-0.4, -0.2) is 52.5 Å². The summed E-state index contributed by atoms with van der Waals surface area (Å²) in [4.78, 5) is 22.5. The second-order valence-corrected chi connectivity index (χ2v) is 10.4. The van der Waals surface area contributed by atoms with Crippen LogP contribution in [0.1, 0.15) is 53.9 Å². The number of aliphatic hydroxyl groups is 3. The van der Waals surface area contributed by atoms with E-state index in [1.165, 1.54) is 14.0 Å². The molecule has 6 nitrogen and oxygen atoms in total. The molecule has 0 radical (unpaired) electrons. The van der Waals surface area contributed by atoms with E-state index in [4.69, 9.17) is 0 Å². The molecule has 0 aromatic heterocycles. The van der Waals surface area contributed by atoms with Gasteiger partial charge in [-0.25, -0.2) is 4.79 Å². The Bertz CT molecular complexity index is 1100. The molecule has 0 aromatic rings. The van der Waals surface area contributed by atoms with Crippen LogP contribution in [-0.2, 0) is 14.3 Å². The molecule has 0 rings (SSSR count). The Morgan fingerprint density at radius 3 is 1.77 bits per heavy atom. The Kier molecular flexibility index (Phi) is 22.9. The zero-order valence-corrected chi connectivity index (χ0v) is 26.6. The maximum atomic E-state index is 11.3. The van der Waals surface area contributed by atoms with Gasteiger partial charge in [-0.15, -0.1) is 0 Å². The molecule has 0 fully saturated rings. The highest BCUT2D eigenvalue weighted by Gasteiger charge is 2.24. The number of ether oxygens (including phenoxy) is 1. The molecule has 0 aromatic carbocycles. The predicted molar refractivity (Wildman–Crippen MR) is 178 cm³/mol. The smallest absolute Gasteiger partial charge is 0.333 e. The first-order valence-corrected chi connectivity index (χ1v) is 14.8. The van der Waals surface area contributed by atoms with Gasteiger partial charge in [0.2, 0.25) is 0 Å². The Balaban J connectivity index is 4.39. The number of aliphatic hydroxyl groups excluding tert-OH is 3. The molecule has 43 heavy (non-hydrogen) atoms. The molecule has 0 saturated carbocycles. The highest BCUT2D eigenvalue weighted by atomic mass is 16.5. The van der Waals surface area contributed by atoms with E-state index in [1.54, 1.807) is 38.2 Å². The predicted octanol–water partition coefficient (Wildman–Crippen LogP) is 6.86. The van der Waals surface area contributed by atoms with Crippen molar-refractivity contribution in [1.82, 2.24) is 0 Å². The molecule has 0 aliphatic carbocycles. The average Bonchev–Trinajstić information content (AvgIpc) is 2.99. The van der Waals surface area contributed by atoms with Gasteiger partial charge in [-0.05, 0) is 33.1 Å². The van der Waals surface area contributed by atoms with Crippen LogP contribution < -0.4 is 0 Å². The summed E-state index contributed by atoms with van der Waals surface area (Å²) in [6.07, 6.45) is 35.4. The lowest BCUT2D eigenvalue weighted by atomic mass is 9.88. The maximum Gasteiger partial charge on any atom is 0.333 e. The van der Waals surface area contributed by atoms with E-state index in [1.807, 2.05) is 105 Å². The van der Waals surface area contributed by atoms with Gasteiger partial charge in [0.05, 0.1) is 25.4 Å². The highest BCUT2D eigenvalue weighted by Crippen LogP contribution is 2.19. The SMILES string of the molecule is COC(=O)/C(C)=C/C=C/C=C/CC/C=C/C(C)C(O)C(C)C(O)/C=C/C=C/C=C/C=C/C=C/C=C/CC(O)C(C)C(C)=O. The third-order valence-electron chi connectivity index (χ3n) is 6.81. The first-order chi connectivity index (χ1) is 20.5. The van der Waals surface area contributed by atoms with Crippen LogP contribution in [0.25, 0.3) is 0 Å². The molecule has 0 aliphatic heterocycles. The fourth-order valence-electron chi connectivity index (χ4n) is 3.60. The Hall–Kier alpha value is -3.58. The van der Waals surface area contributed by atoms with Gasteiger partial charge in [-0.3, -0.25) is 4.79 Å². The minimum Gasteiger partial charge on any atom is -0.466 e. The molecule has 0 amide bonds. The number of allylic oxidation sites excluding steroid dienone is 16. The first kappa shape index (κ1) is 39.4. The summed E-state index contributed by atoms with van der Waals surface area (Å²) in [5.74, 6) is -1.13. The van der Waals surface area contributed by atoms with Crippen molar-refractivity contribution in [2.75, 3.05) is 7.11 Å². The topological polar surface area (TPSA) is 104 Å². The van der Waals surface area contributed by atoms with E-state index in [0.29, 0.717) is 12.0 Å². The lowest BCUT2D eigenvalue weighted by molar-refractivity contribution is -0.136. The van der Waals surface area contributed by atoms with Gasteiger partial charge in [0.25, 0.3) is 0 Å². The number of Topliss-reactive ketones (excluding diaryl/α,β-unsaturated/α-hetero) is 1. The van der Waals surface area contributed by atoms with E-state index in [2.05, 4.69) is 4.74 Å². The standard InChI is InChI=1S/C37H52O6/c1-29(25-21-17-13-12-14-18-22-26-30(2)37(42)43-6)36(41)32(4)35(40)28-24-20-16-11-9-7-8-10-15-19-23-27-34(39)31(3)33(5)38/h7-12,14-16,18-26,28-29,31-32,34-36,39-41H,13,17,27H2,1-6H3/b8-7+,11-9+,14-12+,15-10+,20-16+,22-18+,23-19+,25-21+,28-24+,30-26+. The number of carbonyl (C=O) groups excluding carboxylic acids is 2. The molecule has 6 atom stereocenters. The van der Waals surface area contributed by atoms with Crippen LogP contribution in [0.15, 0.2) is 121 Å². The molecule has 0 heterocycles. The zero-order chi connectivity index (χ0) is 32.5. The van der Waals surface area contributed by atoms with Crippen molar-refractivity contribution in [3.8, 4) is 0 Å². The fourth-order valence-corrected chi connectivity index (χ4v) is 3.60. The number of unbranched alkanes of at least 4 members (excludes halogenated alkanes) is 1. The number of esters is 1. The van der Waals surface area contributed by atoms with Gasteiger partial charge in [0.15, 0.2) is 0 Å². The van der Waals surface area contributed by atoms with Gasteiger partial charge in [0.1, 0.15) is 5.78 Å². The van der Waals surface area contributed by atoms with Crippen molar-refractivity contribution in [3.05, 3.63) is 121 Å². The number of ketones is 1. The molecular weight excluding hydrogens is 540 g/mol. The van der Waals surface area contributed by atoms with E-state index in [9.17, 15) is 24.9 Å². The molecule has 0 spiro atoms. The van der Waals surface area contributed by atoms with Crippen molar-refractivity contribution in [3.63, 3.8) is 0 Å². The van der Waals surface area contributed by atoms with E-state index in [-0.39, 0.29) is 29.5 Å². The fraction of sp³-hybridized carbons (Fsp3) is 0.405. The lowest BCUT2D eigenvalue weighted by Gasteiger charge is -2.25. The first-order valence-electron chi connectivity index (χ1n) is 14.8. The second-order valence-electron chi connectivity index (χ2n) is 10.4. The summed E-state index contributed by atoms with van der Waals surface area (Å²) in [5, 5.41) is 31.0. The van der Waals surface area contributed by atoms with Gasteiger partial charge >= 0.3 is 5.97 Å². The van der Waals surface area contributed by atoms with Gasteiger partial charge in [-0.2, -0.15) is 0 Å². The summed E-state index contributed by atoms with van der Waals surface area (Å²) < 4.78 is 4.64. The Labute approximate surface area is 259 Å². The van der Waals surface area contributed by atoms with Crippen molar-refractivity contribution < 1.29 is 29.6 Å². The largest absolute Gasteiger partial charge is 0.466 e. The molecule has 3 N–H and O–H groups in total. The second kappa shape index (κ2) is 25.0. The number of hydrogen-bond donors (Lipinski definition) is 3. The summed E-state index contributed by atoms with van der Waals surface area (Å²) >= 11 is 0. The third-order valence-corrected chi connectivity index (χ3v) is 6.81. The molecule has 0 aliphatic rings. The number of hydrogen-bond acceptors (Lipinski definition) is 6. The molecule has 6 heteroatoms. The minimum atomic E-state index is -0.768. The van der Waals surface area contributed by atoms with Crippen molar-refractivity contribution in [2.24, 2.45) is 17.8 Å². The Morgan fingerprint density at radius 1 is 0.674 bits per heavy atom. The summed E-state index contributed by atoms with van der Waals surface area (Å²) in [6.45, 7) is 8.69.